The van der Waals surface area contributed by atoms with Crippen LogP contribution in [0.15, 0.2) is 35.4 Å². The Hall–Kier alpha value is -3.16. The third-order valence-corrected chi connectivity index (χ3v) is 5.05. The molecular formula is C19H20N4O4. The fourth-order valence-electron chi connectivity index (χ4n) is 3.50. The Morgan fingerprint density at radius 1 is 1.22 bits per heavy atom. The first-order valence-corrected chi connectivity index (χ1v) is 8.97. The molecule has 2 aromatic rings. The van der Waals surface area contributed by atoms with Crippen molar-refractivity contribution in [3.8, 4) is 5.75 Å². The van der Waals surface area contributed by atoms with Gasteiger partial charge >= 0.3 is 0 Å². The van der Waals surface area contributed by atoms with Crippen LogP contribution in [0, 0.1) is 5.92 Å². The lowest BCUT2D eigenvalue weighted by molar-refractivity contribution is -0.122. The van der Waals surface area contributed by atoms with Gasteiger partial charge in [0.2, 0.25) is 0 Å². The van der Waals surface area contributed by atoms with Crippen molar-refractivity contribution in [3.63, 3.8) is 0 Å². The van der Waals surface area contributed by atoms with Gasteiger partial charge in [-0.2, -0.15) is 0 Å². The SMILES string of the molecule is CC1Oc2ccc(C(=O)C3CCN(c4cc(=O)[nH]cn4)CC3)cc2NC1=O. The summed E-state index contributed by atoms with van der Waals surface area (Å²) in [5.74, 6) is 0.955. The molecule has 8 nitrogen and oxygen atoms in total. The standard InChI is InChI=1S/C19H20N4O4/c1-11-19(26)22-14-8-13(2-3-15(14)27-11)18(25)12-4-6-23(7-5-12)16-9-17(24)21-10-20-16/h2-3,8-12H,4-7H2,1H3,(H,22,26)(H,20,21,24). The monoisotopic (exact) mass is 368 g/mol. The summed E-state index contributed by atoms with van der Waals surface area (Å²) in [6, 6.07) is 6.63. The number of ether oxygens (including phenoxy) is 1. The number of H-pyrrole nitrogens is 1. The van der Waals surface area contributed by atoms with Gasteiger partial charge in [0.05, 0.1) is 12.0 Å². The van der Waals surface area contributed by atoms with E-state index >= 15 is 0 Å². The number of carbonyl (C=O) groups excluding carboxylic acids is 2. The molecule has 3 heterocycles. The fraction of sp³-hybridized carbons (Fsp3) is 0.368. The zero-order chi connectivity index (χ0) is 19.0. The second-order valence-electron chi connectivity index (χ2n) is 6.86. The van der Waals surface area contributed by atoms with Crippen LogP contribution in [0.3, 0.4) is 0 Å². The van der Waals surface area contributed by atoms with Crippen LogP contribution in [0.25, 0.3) is 0 Å². The number of aromatic amines is 1. The van der Waals surface area contributed by atoms with Crippen molar-refractivity contribution >= 4 is 23.2 Å². The highest BCUT2D eigenvalue weighted by atomic mass is 16.5. The van der Waals surface area contributed by atoms with Gasteiger partial charge in [0.1, 0.15) is 11.6 Å². The highest BCUT2D eigenvalue weighted by Crippen LogP contribution is 2.32. The van der Waals surface area contributed by atoms with E-state index in [2.05, 4.69) is 15.3 Å². The van der Waals surface area contributed by atoms with Gasteiger partial charge in [-0.1, -0.05) is 0 Å². The van der Waals surface area contributed by atoms with Crippen molar-refractivity contribution in [1.29, 1.82) is 0 Å². The molecule has 1 saturated heterocycles. The predicted octanol–water partition coefficient (Wildman–Crippen LogP) is 1.59. The molecule has 1 atom stereocenters. The number of nitrogens with one attached hydrogen (secondary N) is 2. The first-order chi connectivity index (χ1) is 13.0. The quantitative estimate of drug-likeness (QED) is 0.797. The van der Waals surface area contributed by atoms with E-state index in [-0.39, 0.29) is 23.2 Å². The van der Waals surface area contributed by atoms with Gasteiger partial charge in [0.25, 0.3) is 11.5 Å². The van der Waals surface area contributed by atoms with Crippen molar-refractivity contribution in [3.05, 3.63) is 46.5 Å². The van der Waals surface area contributed by atoms with Crippen molar-refractivity contribution < 1.29 is 14.3 Å². The minimum atomic E-state index is -0.540. The van der Waals surface area contributed by atoms with E-state index in [1.54, 1.807) is 25.1 Å². The normalized spacial score (nSPS) is 19.8. The minimum Gasteiger partial charge on any atom is -0.479 e. The average Bonchev–Trinajstić information content (AvgIpc) is 2.68. The van der Waals surface area contributed by atoms with E-state index < -0.39 is 6.10 Å². The highest BCUT2D eigenvalue weighted by molar-refractivity contribution is 6.02. The number of hydrogen-bond acceptors (Lipinski definition) is 6. The van der Waals surface area contributed by atoms with E-state index in [0.29, 0.717) is 48.7 Å². The molecule has 1 unspecified atom stereocenters. The highest BCUT2D eigenvalue weighted by Gasteiger charge is 2.29. The lowest BCUT2D eigenvalue weighted by Crippen LogP contribution is -2.37. The number of ketones is 1. The third kappa shape index (κ3) is 3.42. The number of fused-ring (bicyclic) bond motifs is 1. The zero-order valence-electron chi connectivity index (χ0n) is 14.9. The number of piperidine rings is 1. The molecule has 0 bridgehead atoms. The van der Waals surface area contributed by atoms with Gasteiger partial charge in [0.15, 0.2) is 11.9 Å². The Bertz CT molecular complexity index is 947. The third-order valence-electron chi connectivity index (χ3n) is 5.05. The summed E-state index contributed by atoms with van der Waals surface area (Å²) in [7, 11) is 0. The number of carbonyl (C=O) groups is 2. The number of nitrogens with zero attached hydrogens (tertiary/aromatic N) is 2. The molecule has 140 valence electrons. The molecule has 8 heteroatoms. The van der Waals surface area contributed by atoms with E-state index in [1.807, 2.05) is 4.90 Å². The smallest absolute Gasteiger partial charge is 0.265 e. The zero-order valence-corrected chi connectivity index (χ0v) is 14.9. The number of hydrogen-bond donors (Lipinski definition) is 2. The molecule has 2 aliphatic rings. The van der Waals surface area contributed by atoms with Crippen LogP contribution in [0.2, 0.25) is 0 Å². The molecule has 0 spiro atoms. The van der Waals surface area contributed by atoms with Gasteiger partial charge in [-0.3, -0.25) is 14.4 Å². The van der Waals surface area contributed by atoms with Crippen LogP contribution in [0.5, 0.6) is 5.75 Å². The number of Topliss-reactive ketones (excluding diaryl/α,β-unsaturated/α-hetero) is 1. The maximum absolute atomic E-state index is 12.9. The summed E-state index contributed by atoms with van der Waals surface area (Å²) in [4.78, 5) is 44.8. The summed E-state index contributed by atoms with van der Waals surface area (Å²) in [5, 5.41) is 2.78. The summed E-state index contributed by atoms with van der Waals surface area (Å²) in [6.07, 6.45) is 2.22. The lowest BCUT2D eigenvalue weighted by atomic mass is 9.88. The van der Waals surface area contributed by atoms with Crippen LogP contribution in [-0.4, -0.2) is 40.9 Å². The molecule has 4 rings (SSSR count). The minimum absolute atomic E-state index is 0.0594. The van der Waals surface area contributed by atoms with Gasteiger partial charge in [-0.15, -0.1) is 0 Å². The summed E-state index contributed by atoms with van der Waals surface area (Å²) < 4.78 is 5.53. The van der Waals surface area contributed by atoms with Gasteiger partial charge in [-0.25, -0.2) is 4.98 Å². The Morgan fingerprint density at radius 3 is 2.74 bits per heavy atom. The Morgan fingerprint density at radius 2 is 2.00 bits per heavy atom. The molecular weight excluding hydrogens is 348 g/mol. The Kier molecular flexibility index (Phi) is 4.39. The van der Waals surface area contributed by atoms with Gasteiger partial charge in [-0.05, 0) is 38.0 Å². The van der Waals surface area contributed by atoms with Crippen LogP contribution >= 0.6 is 0 Å². The number of amides is 1. The Labute approximate surface area is 155 Å². The molecule has 1 fully saturated rings. The molecule has 1 aromatic carbocycles. The van der Waals surface area contributed by atoms with Gasteiger partial charge in [0, 0.05) is 30.6 Å². The molecule has 0 radical (unpaired) electrons. The largest absolute Gasteiger partial charge is 0.479 e. The first-order valence-electron chi connectivity index (χ1n) is 8.97. The molecule has 0 aliphatic carbocycles. The summed E-state index contributed by atoms with van der Waals surface area (Å²) >= 11 is 0. The van der Waals surface area contributed by atoms with Crippen LogP contribution in [0.1, 0.15) is 30.1 Å². The van der Waals surface area contributed by atoms with E-state index in [0.717, 1.165) is 0 Å². The molecule has 2 N–H and O–H groups in total. The van der Waals surface area contributed by atoms with Gasteiger partial charge < -0.3 is 19.9 Å². The molecule has 1 amide bonds. The van der Waals surface area contributed by atoms with Crippen molar-refractivity contribution in [2.24, 2.45) is 5.92 Å². The second kappa shape index (κ2) is 6.86. The maximum Gasteiger partial charge on any atom is 0.265 e. The average molecular weight is 368 g/mol. The Balaban J connectivity index is 1.45. The maximum atomic E-state index is 12.9. The van der Waals surface area contributed by atoms with E-state index in [1.165, 1.54) is 12.4 Å². The summed E-state index contributed by atoms with van der Waals surface area (Å²) in [5.41, 5.74) is 0.917. The van der Waals surface area contributed by atoms with Crippen molar-refractivity contribution in [1.82, 2.24) is 9.97 Å². The lowest BCUT2D eigenvalue weighted by Gasteiger charge is -2.32. The molecule has 1 aromatic heterocycles. The number of aromatic nitrogens is 2. The van der Waals surface area contributed by atoms with Crippen molar-refractivity contribution in [2.75, 3.05) is 23.3 Å². The second-order valence-corrected chi connectivity index (χ2v) is 6.86. The van der Waals surface area contributed by atoms with Crippen LogP contribution in [0.4, 0.5) is 11.5 Å². The fourth-order valence-corrected chi connectivity index (χ4v) is 3.50. The van der Waals surface area contributed by atoms with Crippen LogP contribution in [-0.2, 0) is 4.79 Å². The molecule has 27 heavy (non-hydrogen) atoms. The molecule has 0 saturated carbocycles. The predicted molar refractivity (Wildman–Crippen MR) is 99.3 cm³/mol. The topological polar surface area (TPSA) is 104 Å². The first kappa shape index (κ1) is 17.3. The van der Waals surface area contributed by atoms with Crippen molar-refractivity contribution in [2.45, 2.75) is 25.9 Å². The number of benzene rings is 1. The number of anilines is 2. The summed E-state index contributed by atoms with van der Waals surface area (Å²) in [6.45, 7) is 3.00. The number of rotatable bonds is 3. The molecule has 2 aliphatic heterocycles. The van der Waals surface area contributed by atoms with E-state index in [4.69, 9.17) is 4.74 Å². The van der Waals surface area contributed by atoms with Crippen LogP contribution < -0.4 is 20.5 Å². The van der Waals surface area contributed by atoms with E-state index in [9.17, 15) is 14.4 Å².